The molecule has 0 saturated heterocycles. The molecule has 0 radical (unpaired) electrons. The predicted octanol–water partition coefficient (Wildman–Crippen LogP) is 2.66. The van der Waals surface area contributed by atoms with E-state index in [0.29, 0.717) is 0 Å². The van der Waals surface area contributed by atoms with Crippen LogP contribution in [-0.2, 0) is 6.42 Å². The summed E-state index contributed by atoms with van der Waals surface area (Å²) in [5.41, 5.74) is 4.97. The molecule has 1 aromatic rings. The van der Waals surface area contributed by atoms with Gasteiger partial charge in [0.1, 0.15) is 0 Å². The lowest BCUT2D eigenvalue weighted by Gasteiger charge is -2.08. The van der Waals surface area contributed by atoms with E-state index in [0.717, 1.165) is 12.0 Å². The van der Waals surface area contributed by atoms with Crippen molar-refractivity contribution in [3.05, 3.63) is 34.4 Å². The molecule has 1 aromatic carbocycles. The molecule has 0 aromatic heterocycles. The highest BCUT2D eigenvalue weighted by atomic mass is 79.9. The number of alkyl halides is 1. The van der Waals surface area contributed by atoms with E-state index in [1.54, 1.807) is 0 Å². The van der Waals surface area contributed by atoms with Gasteiger partial charge in [-0.15, -0.1) is 0 Å². The number of benzene rings is 1. The molecule has 13 heavy (non-hydrogen) atoms. The zero-order valence-electron chi connectivity index (χ0n) is 7.84. The minimum absolute atomic E-state index is 0.198. The number of halogens is 1. The number of rotatable bonds is 0. The Labute approximate surface area is 86.9 Å². The van der Waals surface area contributed by atoms with Crippen LogP contribution in [0, 0.1) is 13.8 Å². The topological polar surface area (TPSA) is 20.2 Å². The van der Waals surface area contributed by atoms with Crippen molar-refractivity contribution < 1.29 is 5.11 Å². The van der Waals surface area contributed by atoms with Gasteiger partial charge in [-0.1, -0.05) is 28.1 Å². The molecule has 2 rings (SSSR count). The van der Waals surface area contributed by atoms with Crippen molar-refractivity contribution in [3.8, 4) is 0 Å². The van der Waals surface area contributed by atoms with Gasteiger partial charge in [-0.2, -0.15) is 0 Å². The third-order valence-corrected chi connectivity index (χ3v) is 3.66. The van der Waals surface area contributed by atoms with Crippen molar-refractivity contribution in [2.24, 2.45) is 0 Å². The van der Waals surface area contributed by atoms with Crippen LogP contribution < -0.4 is 0 Å². The highest BCUT2D eigenvalue weighted by Gasteiger charge is 2.28. The Kier molecular flexibility index (Phi) is 2.20. The molecule has 0 saturated carbocycles. The molecule has 2 unspecified atom stereocenters. The lowest BCUT2D eigenvalue weighted by molar-refractivity contribution is 0.187. The van der Waals surface area contributed by atoms with Gasteiger partial charge in [0, 0.05) is 4.83 Å². The number of fused-ring (bicyclic) bond motifs is 1. The predicted molar refractivity (Wildman–Crippen MR) is 57.3 cm³/mol. The minimum atomic E-state index is -0.325. The monoisotopic (exact) mass is 240 g/mol. The zero-order chi connectivity index (χ0) is 9.59. The molecule has 1 aliphatic carbocycles. The fraction of sp³-hybridized carbons (Fsp3) is 0.455. The maximum atomic E-state index is 9.82. The van der Waals surface area contributed by atoms with E-state index < -0.39 is 0 Å². The van der Waals surface area contributed by atoms with E-state index in [4.69, 9.17) is 0 Å². The molecule has 1 aliphatic rings. The Hall–Kier alpha value is -0.340. The summed E-state index contributed by atoms with van der Waals surface area (Å²) in [5.74, 6) is 0. The second-order valence-electron chi connectivity index (χ2n) is 3.80. The fourth-order valence-corrected chi connectivity index (χ4v) is 2.50. The fourth-order valence-electron chi connectivity index (χ4n) is 1.87. The van der Waals surface area contributed by atoms with Crippen molar-refractivity contribution in [1.82, 2.24) is 0 Å². The second kappa shape index (κ2) is 3.10. The lowest BCUT2D eigenvalue weighted by Crippen LogP contribution is -2.04. The van der Waals surface area contributed by atoms with Crippen LogP contribution in [-0.4, -0.2) is 9.93 Å². The Balaban J connectivity index is 2.53. The van der Waals surface area contributed by atoms with Crippen molar-refractivity contribution in [2.75, 3.05) is 0 Å². The molecular formula is C11H13BrO. The van der Waals surface area contributed by atoms with Crippen molar-refractivity contribution in [2.45, 2.75) is 31.2 Å². The van der Waals surface area contributed by atoms with E-state index in [9.17, 15) is 5.11 Å². The van der Waals surface area contributed by atoms with Crippen LogP contribution in [0.25, 0.3) is 0 Å². The van der Waals surface area contributed by atoms with Gasteiger partial charge < -0.3 is 5.11 Å². The molecular weight excluding hydrogens is 228 g/mol. The number of aliphatic hydroxyl groups is 1. The Bertz CT molecular complexity index is 346. The Morgan fingerprint density at radius 1 is 1.31 bits per heavy atom. The van der Waals surface area contributed by atoms with Gasteiger partial charge in [-0.3, -0.25) is 0 Å². The average Bonchev–Trinajstić information content (AvgIpc) is 2.32. The van der Waals surface area contributed by atoms with E-state index in [1.165, 1.54) is 16.7 Å². The molecule has 2 atom stereocenters. The zero-order valence-corrected chi connectivity index (χ0v) is 9.43. The smallest absolute Gasteiger partial charge is 0.0920 e. The van der Waals surface area contributed by atoms with Gasteiger partial charge >= 0.3 is 0 Å². The Morgan fingerprint density at radius 2 is 1.92 bits per heavy atom. The summed E-state index contributed by atoms with van der Waals surface area (Å²) in [6.45, 7) is 4.20. The van der Waals surface area contributed by atoms with Crippen LogP contribution in [0.15, 0.2) is 12.1 Å². The molecule has 0 aliphatic heterocycles. The molecule has 1 nitrogen and oxygen atoms in total. The first-order valence-electron chi connectivity index (χ1n) is 4.51. The summed E-state index contributed by atoms with van der Waals surface area (Å²) < 4.78 is 0. The van der Waals surface area contributed by atoms with Crippen molar-refractivity contribution in [3.63, 3.8) is 0 Å². The van der Waals surface area contributed by atoms with Crippen LogP contribution in [0.3, 0.4) is 0 Å². The lowest BCUT2D eigenvalue weighted by atomic mass is 10.0. The first kappa shape index (κ1) is 9.22. The van der Waals surface area contributed by atoms with E-state index >= 15 is 0 Å². The van der Waals surface area contributed by atoms with Gasteiger partial charge in [0.05, 0.1) is 6.10 Å². The second-order valence-corrected chi connectivity index (χ2v) is 4.98. The van der Waals surface area contributed by atoms with Crippen LogP contribution in [0.1, 0.15) is 28.4 Å². The van der Waals surface area contributed by atoms with Crippen LogP contribution in [0.4, 0.5) is 0 Å². The number of hydrogen-bond acceptors (Lipinski definition) is 1. The summed E-state index contributed by atoms with van der Waals surface area (Å²) in [6, 6.07) is 4.30. The molecule has 0 spiro atoms. The summed E-state index contributed by atoms with van der Waals surface area (Å²) in [6.07, 6.45) is 0.617. The number of aryl methyl sites for hydroxylation is 2. The van der Waals surface area contributed by atoms with Gasteiger partial charge in [-0.05, 0) is 42.5 Å². The molecule has 1 N–H and O–H groups in total. The first-order valence-corrected chi connectivity index (χ1v) is 5.43. The van der Waals surface area contributed by atoms with Crippen molar-refractivity contribution >= 4 is 15.9 Å². The largest absolute Gasteiger partial charge is 0.387 e. The van der Waals surface area contributed by atoms with Gasteiger partial charge in [0.25, 0.3) is 0 Å². The first-order chi connectivity index (χ1) is 6.09. The summed E-state index contributed by atoms with van der Waals surface area (Å²) in [7, 11) is 0. The molecule has 70 valence electrons. The van der Waals surface area contributed by atoms with Gasteiger partial charge in [0.15, 0.2) is 0 Å². The van der Waals surface area contributed by atoms with Crippen molar-refractivity contribution in [1.29, 1.82) is 0 Å². The molecule has 0 bridgehead atoms. The van der Waals surface area contributed by atoms with Gasteiger partial charge in [0.2, 0.25) is 0 Å². The number of aliphatic hydroxyl groups excluding tert-OH is 1. The third kappa shape index (κ3) is 1.42. The Morgan fingerprint density at radius 3 is 2.62 bits per heavy atom. The van der Waals surface area contributed by atoms with E-state index in [1.807, 2.05) is 0 Å². The highest BCUT2D eigenvalue weighted by molar-refractivity contribution is 9.09. The maximum Gasteiger partial charge on any atom is 0.0920 e. The van der Waals surface area contributed by atoms with E-state index in [2.05, 4.69) is 41.9 Å². The maximum absolute atomic E-state index is 9.82. The van der Waals surface area contributed by atoms with Crippen LogP contribution in [0.2, 0.25) is 0 Å². The average molecular weight is 241 g/mol. The molecule has 0 fully saturated rings. The summed E-state index contributed by atoms with van der Waals surface area (Å²) in [4.78, 5) is 0.198. The third-order valence-electron chi connectivity index (χ3n) is 2.83. The normalized spacial score (nSPS) is 26.2. The van der Waals surface area contributed by atoms with Gasteiger partial charge in [-0.25, -0.2) is 0 Å². The highest BCUT2D eigenvalue weighted by Crippen LogP contribution is 2.36. The summed E-state index contributed by atoms with van der Waals surface area (Å²) >= 11 is 3.48. The molecule has 2 heteroatoms. The quantitative estimate of drug-likeness (QED) is 0.692. The minimum Gasteiger partial charge on any atom is -0.387 e. The molecule has 0 amide bonds. The van der Waals surface area contributed by atoms with Crippen LogP contribution in [0.5, 0.6) is 0 Å². The van der Waals surface area contributed by atoms with E-state index in [-0.39, 0.29) is 10.9 Å². The molecule has 0 heterocycles. The standard InChI is InChI=1S/C11H13BrO/c1-6-3-8-5-10(12)11(13)9(8)4-7(6)2/h3-4,10-11,13H,5H2,1-2H3. The number of hydrogen-bond donors (Lipinski definition) is 1. The summed E-state index contributed by atoms with van der Waals surface area (Å²) in [5, 5.41) is 9.82. The van der Waals surface area contributed by atoms with Crippen LogP contribution >= 0.6 is 15.9 Å². The SMILES string of the molecule is Cc1cc2c(cc1C)C(O)C(Br)C2.